The van der Waals surface area contributed by atoms with E-state index in [9.17, 15) is 24.9 Å². The maximum absolute atomic E-state index is 14.2. The van der Waals surface area contributed by atoms with Gasteiger partial charge in [-0.1, -0.05) is 78.1 Å². The largest absolute Gasteiger partial charge is 0.391 e. The predicted molar refractivity (Wildman–Crippen MR) is 145 cm³/mol. The van der Waals surface area contributed by atoms with Gasteiger partial charge in [0.05, 0.1) is 18.2 Å². The van der Waals surface area contributed by atoms with Gasteiger partial charge in [-0.2, -0.15) is 0 Å². The molecule has 0 heterocycles. The van der Waals surface area contributed by atoms with Crippen molar-refractivity contribution < 1.29 is 24.9 Å². The maximum atomic E-state index is 14.2. The van der Waals surface area contributed by atoms with Crippen LogP contribution in [0.25, 0.3) is 0 Å². The van der Waals surface area contributed by atoms with Crippen LogP contribution < -0.4 is 5.73 Å². The van der Waals surface area contributed by atoms with Crippen LogP contribution in [0.4, 0.5) is 0 Å². The molecule has 7 nitrogen and oxygen atoms in total. The summed E-state index contributed by atoms with van der Waals surface area (Å²) in [4.78, 5) is 27.9. The van der Waals surface area contributed by atoms with Crippen molar-refractivity contribution >= 4 is 11.8 Å². The van der Waals surface area contributed by atoms with Crippen LogP contribution in [0.1, 0.15) is 117 Å². The summed E-state index contributed by atoms with van der Waals surface area (Å²) in [6.07, 6.45) is 11.9. The number of carbonyl (C=O) groups excluding carboxylic acids is 2. The standard InChI is InChI=1S/C30H54N2O5/c1-20(2)15-26(33)29(36)25(17-21-9-5-3-6-10-21)32(19-27(34)23-11-7-4-8-12-23)30(37)24(18-28(31)35)16-22-13-14-22/h20-27,29,33-34,36H,3-19H2,1-2H3,(H2,31,35)/t24-,25+,26+,27-,29-/m1/s1. The number of carbonyl (C=O) groups is 2. The second-order valence-electron chi connectivity index (χ2n) is 13.0. The van der Waals surface area contributed by atoms with Crippen molar-refractivity contribution in [2.45, 2.75) is 141 Å². The van der Waals surface area contributed by atoms with Crippen molar-refractivity contribution in [3.63, 3.8) is 0 Å². The molecular formula is C30H54N2O5. The Morgan fingerprint density at radius 2 is 1.41 bits per heavy atom. The van der Waals surface area contributed by atoms with Crippen LogP contribution in [0, 0.1) is 29.6 Å². The molecule has 0 saturated heterocycles. The highest BCUT2D eigenvalue weighted by Gasteiger charge is 2.41. The van der Waals surface area contributed by atoms with Crippen LogP contribution in [-0.2, 0) is 9.59 Å². The van der Waals surface area contributed by atoms with Gasteiger partial charge in [0.2, 0.25) is 11.8 Å². The summed E-state index contributed by atoms with van der Waals surface area (Å²) in [5.74, 6) is -0.0592. The van der Waals surface area contributed by atoms with E-state index in [-0.39, 0.29) is 30.7 Å². The number of rotatable bonds is 15. The van der Waals surface area contributed by atoms with Crippen LogP contribution in [0.5, 0.6) is 0 Å². The molecule has 2 amide bonds. The smallest absolute Gasteiger partial charge is 0.226 e. The molecule has 0 aromatic heterocycles. The van der Waals surface area contributed by atoms with Crippen molar-refractivity contribution in [3.05, 3.63) is 0 Å². The van der Waals surface area contributed by atoms with E-state index in [0.29, 0.717) is 31.1 Å². The minimum atomic E-state index is -1.10. The fourth-order valence-electron chi connectivity index (χ4n) is 6.86. The number of aliphatic hydroxyl groups excluding tert-OH is 3. The van der Waals surface area contributed by atoms with Gasteiger partial charge in [-0.25, -0.2) is 0 Å². The minimum Gasteiger partial charge on any atom is -0.391 e. The molecule has 214 valence electrons. The highest BCUT2D eigenvalue weighted by Crippen LogP contribution is 2.38. The van der Waals surface area contributed by atoms with Gasteiger partial charge in [-0.05, 0) is 55.8 Å². The van der Waals surface area contributed by atoms with E-state index < -0.39 is 36.2 Å². The summed E-state index contributed by atoms with van der Waals surface area (Å²) in [5, 5.41) is 33.9. The van der Waals surface area contributed by atoms with Crippen LogP contribution in [-0.4, -0.2) is 62.9 Å². The SMILES string of the molecule is CC(C)C[C@H](O)[C@H](O)[C@H](CC1CCCCC1)N(C[C@@H](O)C1CCCCC1)C(=O)[C@@H](CC(N)=O)CC1CC1. The van der Waals surface area contributed by atoms with Crippen molar-refractivity contribution in [1.82, 2.24) is 4.90 Å². The first kappa shape index (κ1) is 30.4. The first-order valence-electron chi connectivity index (χ1n) is 15.3. The fraction of sp³-hybridized carbons (Fsp3) is 0.933. The van der Waals surface area contributed by atoms with Gasteiger partial charge in [-0.3, -0.25) is 9.59 Å². The Kier molecular flexibility index (Phi) is 12.2. The Balaban J connectivity index is 1.90. The molecule has 3 aliphatic rings. The average molecular weight is 523 g/mol. The molecule has 3 aliphatic carbocycles. The van der Waals surface area contributed by atoms with Gasteiger partial charge < -0.3 is 26.0 Å². The quantitative estimate of drug-likeness (QED) is 0.257. The van der Waals surface area contributed by atoms with Gasteiger partial charge in [0.15, 0.2) is 0 Å². The van der Waals surface area contributed by atoms with Gasteiger partial charge in [-0.15, -0.1) is 0 Å². The first-order valence-corrected chi connectivity index (χ1v) is 15.3. The normalized spacial score (nSPS) is 23.8. The van der Waals surface area contributed by atoms with E-state index in [1.54, 1.807) is 4.90 Å². The third-order valence-electron chi connectivity index (χ3n) is 9.17. The lowest BCUT2D eigenvalue weighted by atomic mass is 9.80. The van der Waals surface area contributed by atoms with E-state index >= 15 is 0 Å². The molecule has 0 aromatic rings. The van der Waals surface area contributed by atoms with Gasteiger partial charge in [0.25, 0.3) is 0 Å². The fourth-order valence-corrected chi connectivity index (χ4v) is 6.86. The lowest BCUT2D eigenvalue weighted by Crippen LogP contribution is -2.56. The summed E-state index contributed by atoms with van der Waals surface area (Å²) in [7, 11) is 0. The van der Waals surface area contributed by atoms with Gasteiger partial charge in [0, 0.05) is 18.9 Å². The Bertz CT molecular complexity index is 700. The Morgan fingerprint density at radius 3 is 1.95 bits per heavy atom. The summed E-state index contributed by atoms with van der Waals surface area (Å²) < 4.78 is 0. The van der Waals surface area contributed by atoms with Crippen LogP contribution >= 0.6 is 0 Å². The Labute approximate surface area is 224 Å². The molecule has 5 atom stereocenters. The van der Waals surface area contributed by atoms with Gasteiger partial charge >= 0.3 is 0 Å². The minimum absolute atomic E-state index is 0.00779. The zero-order chi connectivity index (χ0) is 26.9. The monoisotopic (exact) mass is 522 g/mol. The molecule has 3 fully saturated rings. The number of nitrogens with zero attached hydrogens (tertiary/aromatic N) is 1. The molecule has 0 bridgehead atoms. The third-order valence-corrected chi connectivity index (χ3v) is 9.17. The molecular weight excluding hydrogens is 468 g/mol. The highest BCUT2D eigenvalue weighted by atomic mass is 16.3. The van der Waals surface area contributed by atoms with Gasteiger partial charge in [0.1, 0.15) is 6.10 Å². The van der Waals surface area contributed by atoms with Crippen molar-refractivity contribution in [1.29, 1.82) is 0 Å². The zero-order valence-electron chi connectivity index (χ0n) is 23.4. The van der Waals surface area contributed by atoms with Crippen LogP contribution in [0.3, 0.4) is 0 Å². The maximum Gasteiger partial charge on any atom is 0.226 e. The Hall–Kier alpha value is -1.18. The van der Waals surface area contributed by atoms with Crippen molar-refractivity contribution in [2.24, 2.45) is 35.3 Å². The summed E-state index contributed by atoms with van der Waals surface area (Å²) in [6, 6.07) is -0.586. The first-order chi connectivity index (χ1) is 17.7. The molecule has 0 unspecified atom stereocenters. The summed E-state index contributed by atoms with van der Waals surface area (Å²) in [6.45, 7) is 4.17. The molecule has 7 heteroatoms. The lowest BCUT2D eigenvalue weighted by molar-refractivity contribution is -0.149. The average Bonchev–Trinajstić information content (AvgIpc) is 3.69. The number of hydrogen-bond acceptors (Lipinski definition) is 5. The van der Waals surface area contributed by atoms with E-state index in [0.717, 1.165) is 64.2 Å². The van der Waals surface area contributed by atoms with Crippen LogP contribution in [0.2, 0.25) is 0 Å². The molecule has 3 saturated carbocycles. The second-order valence-corrected chi connectivity index (χ2v) is 13.0. The van der Waals surface area contributed by atoms with Crippen LogP contribution in [0.15, 0.2) is 0 Å². The third kappa shape index (κ3) is 9.81. The molecule has 5 N–H and O–H groups in total. The van der Waals surface area contributed by atoms with Crippen molar-refractivity contribution in [2.75, 3.05) is 6.54 Å². The van der Waals surface area contributed by atoms with E-state index in [1.165, 1.54) is 12.8 Å². The lowest BCUT2D eigenvalue weighted by Gasteiger charge is -2.42. The number of aliphatic hydroxyl groups is 3. The molecule has 0 radical (unpaired) electrons. The number of amides is 2. The van der Waals surface area contributed by atoms with Crippen molar-refractivity contribution in [3.8, 4) is 0 Å². The second kappa shape index (κ2) is 14.8. The molecule has 0 aromatic carbocycles. The molecule has 3 rings (SSSR count). The number of nitrogens with two attached hydrogens (primary N) is 1. The Morgan fingerprint density at radius 1 is 0.838 bits per heavy atom. The summed E-state index contributed by atoms with van der Waals surface area (Å²) in [5.41, 5.74) is 5.59. The predicted octanol–water partition coefficient (Wildman–Crippen LogP) is 4.15. The topological polar surface area (TPSA) is 124 Å². The van der Waals surface area contributed by atoms with E-state index in [2.05, 4.69) is 0 Å². The number of primary amides is 1. The number of hydrogen-bond donors (Lipinski definition) is 4. The highest BCUT2D eigenvalue weighted by molar-refractivity contribution is 5.85. The molecule has 0 spiro atoms. The molecule has 37 heavy (non-hydrogen) atoms. The summed E-state index contributed by atoms with van der Waals surface area (Å²) >= 11 is 0. The van der Waals surface area contributed by atoms with E-state index in [1.807, 2.05) is 13.8 Å². The molecule has 0 aliphatic heterocycles. The zero-order valence-corrected chi connectivity index (χ0v) is 23.4. The van der Waals surface area contributed by atoms with E-state index in [4.69, 9.17) is 5.73 Å².